The summed E-state index contributed by atoms with van der Waals surface area (Å²) >= 11 is 0. The van der Waals surface area contributed by atoms with Crippen molar-refractivity contribution in [3.05, 3.63) is 46.6 Å². The van der Waals surface area contributed by atoms with E-state index in [0.717, 1.165) is 31.2 Å². The number of nitrogens with zero attached hydrogens (tertiary/aromatic N) is 1. The molecule has 5 rings (SSSR count). The lowest BCUT2D eigenvalue weighted by molar-refractivity contribution is -0.204. The fourth-order valence-corrected chi connectivity index (χ4v) is 7.39. The standard InChI is InChI=1S/C28H35NO5/c1-6-24(30)33-23-10-11-27(4)21(26(23,2)3)9-12-28(5)22(27)14-18-20(34-28)15-19(32-25(18)31)17-8-7-13-29-16-17/h7-8,13,15-16,21-23H,6,9-12,14H2,1-5H3. The molecule has 34 heavy (non-hydrogen) atoms. The van der Waals surface area contributed by atoms with Crippen LogP contribution in [0.4, 0.5) is 0 Å². The summed E-state index contributed by atoms with van der Waals surface area (Å²) in [4.78, 5) is 29.4. The zero-order valence-electron chi connectivity index (χ0n) is 20.8. The topological polar surface area (TPSA) is 78.6 Å². The normalized spacial score (nSPS) is 33.6. The first-order valence-electron chi connectivity index (χ1n) is 12.5. The van der Waals surface area contributed by atoms with E-state index < -0.39 is 0 Å². The smallest absolute Gasteiger partial charge is 0.343 e. The van der Waals surface area contributed by atoms with E-state index in [9.17, 15) is 9.59 Å². The van der Waals surface area contributed by atoms with Crippen LogP contribution >= 0.6 is 0 Å². The fraction of sp³-hybridized carbons (Fsp3) is 0.607. The first kappa shape index (κ1) is 23.1. The molecule has 2 aliphatic carbocycles. The van der Waals surface area contributed by atoms with Crippen LogP contribution in [0, 0.1) is 22.7 Å². The van der Waals surface area contributed by atoms with E-state index in [2.05, 4.69) is 32.7 Å². The molecule has 2 aromatic rings. The van der Waals surface area contributed by atoms with Gasteiger partial charge in [-0.05, 0) is 62.5 Å². The van der Waals surface area contributed by atoms with Gasteiger partial charge in [0.15, 0.2) is 0 Å². The van der Waals surface area contributed by atoms with Gasteiger partial charge in [0.25, 0.3) is 0 Å². The summed E-state index contributed by atoms with van der Waals surface area (Å²) < 4.78 is 18.3. The molecule has 5 atom stereocenters. The summed E-state index contributed by atoms with van der Waals surface area (Å²) in [6.45, 7) is 10.9. The molecule has 3 heterocycles. The molecule has 0 saturated heterocycles. The van der Waals surface area contributed by atoms with Gasteiger partial charge in [0.05, 0.1) is 5.56 Å². The molecule has 0 N–H and O–H groups in total. The third-order valence-corrected chi connectivity index (χ3v) is 9.20. The lowest BCUT2D eigenvalue weighted by Gasteiger charge is -2.64. The summed E-state index contributed by atoms with van der Waals surface area (Å²) in [5, 5.41) is 0. The highest BCUT2D eigenvalue weighted by Crippen LogP contribution is 2.64. The Bertz CT molecular complexity index is 1160. The van der Waals surface area contributed by atoms with Gasteiger partial charge in [-0.3, -0.25) is 9.78 Å². The average Bonchev–Trinajstić information content (AvgIpc) is 2.80. The first-order valence-corrected chi connectivity index (χ1v) is 12.5. The second kappa shape index (κ2) is 7.96. The van der Waals surface area contributed by atoms with Crippen LogP contribution in [0.1, 0.15) is 72.3 Å². The summed E-state index contributed by atoms with van der Waals surface area (Å²) in [7, 11) is 0. The van der Waals surface area contributed by atoms with Gasteiger partial charge in [-0.15, -0.1) is 0 Å². The lowest BCUT2D eigenvalue weighted by atomic mass is 9.44. The van der Waals surface area contributed by atoms with Crippen molar-refractivity contribution in [2.45, 2.75) is 84.8 Å². The first-order chi connectivity index (χ1) is 16.1. The molecule has 1 aliphatic heterocycles. The molecule has 2 aromatic heterocycles. The van der Waals surface area contributed by atoms with E-state index in [1.807, 2.05) is 25.1 Å². The molecule has 6 heteroatoms. The maximum atomic E-state index is 13.1. The van der Waals surface area contributed by atoms with Crippen molar-refractivity contribution < 1.29 is 18.7 Å². The van der Waals surface area contributed by atoms with Gasteiger partial charge < -0.3 is 13.9 Å². The molecular weight excluding hydrogens is 430 g/mol. The molecular formula is C28H35NO5. The van der Waals surface area contributed by atoms with Crippen molar-refractivity contribution in [3.63, 3.8) is 0 Å². The van der Waals surface area contributed by atoms with Gasteiger partial charge in [-0.1, -0.05) is 27.7 Å². The zero-order chi connectivity index (χ0) is 24.3. The minimum atomic E-state index is -0.360. The van der Waals surface area contributed by atoms with Crippen LogP contribution in [0.25, 0.3) is 11.3 Å². The quantitative estimate of drug-likeness (QED) is 0.552. The Morgan fingerprint density at radius 3 is 2.68 bits per heavy atom. The summed E-state index contributed by atoms with van der Waals surface area (Å²) in [5.41, 5.74) is 0.534. The number of esters is 1. The zero-order valence-corrected chi connectivity index (χ0v) is 20.8. The largest absolute Gasteiger partial charge is 0.487 e. The van der Waals surface area contributed by atoms with E-state index >= 15 is 0 Å². The Balaban J connectivity index is 1.50. The van der Waals surface area contributed by atoms with Gasteiger partial charge >= 0.3 is 11.6 Å². The molecule has 0 aromatic carbocycles. The van der Waals surface area contributed by atoms with Gasteiger partial charge in [-0.2, -0.15) is 0 Å². The predicted octanol–water partition coefficient (Wildman–Crippen LogP) is 5.57. The summed E-state index contributed by atoms with van der Waals surface area (Å²) in [6.07, 6.45) is 8.03. The molecule has 2 saturated carbocycles. The van der Waals surface area contributed by atoms with E-state index in [1.54, 1.807) is 12.4 Å². The Labute approximate surface area is 201 Å². The Hall–Kier alpha value is -2.63. The number of ether oxygens (including phenoxy) is 2. The van der Waals surface area contributed by atoms with Crippen LogP contribution in [-0.4, -0.2) is 22.7 Å². The second-order valence-electron chi connectivity index (χ2n) is 11.4. The lowest BCUT2D eigenvalue weighted by Crippen LogP contribution is -2.64. The number of rotatable bonds is 3. The van der Waals surface area contributed by atoms with Crippen molar-refractivity contribution in [2.24, 2.45) is 22.7 Å². The monoisotopic (exact) mass is 465 g/mol. The molecule has 0 amide bonds. The maximum absolute atomic E-state index is 13.1. The van der Waals surface area contributed by atoms with Crippen LogP contribution in [0.3, 0.4) is 0 Å². The summed E-state index contributed by atoms with van der Waals surface area (Å²) in [5.74, 6) is 1.55. The molecule has 5 unspecified atom stereocenters. The number of fused-ring (bicyclic) bond motifs is 4. The van der Waals surface area contributed by atoms with Crippen LogP contribution in [0.2, 0.25) is 0 Å². The Kier molecular flexibility index (Phi) is 5.41. The van der Waals surface area contributed by atoms with Gasteiger partial charge in [0, 0.05) is 41.8 Å². The van der Waals surface area contributed by atoms with Gasteiger partial charge in [0.2, 0.25) is 0 Å². The van der Waals surface area contributed by atoms with Gasteiger partial charge in [-0.25, -0.2) is 4.79 Å². The predicted molar refractivity (Wildman–Crippen MR) is 128 cm³/mol. The van der Waals surface area contributed by atoms with E-state index in [1.165, 1.54) is 0 Å². The van der Waals surface area contributed by atoms with Crippen LogP contribution in [0.5, 0.6) is 5.75 Å². The van der Waals surface area contributed by atoms with Crippen molar-refractivity contribution >= 4 is 5.97 Å². The van der Waals surface area contributed by atoms with Crippen LogP contribution in [-0.2, 0) is 16.0 Å². The molecule has 0 radical (unpaired) electrons. The number of carbonyl (C=O) groups is 1. The third kappa shape index (κ3) is 3.48. The number of carbonyl (C=O) groups excluding carboxylic acids is 1. The highest BCUT2D eigenvalue weighted by atomic mass is 16.5. The molecule has 0 bridgehead atoms. The molecule has 3 aliphatic rings. The molecule has 2 fully saturated rings. The second-order valence-corrected chi connectivity index (χ2v) is 11.4. The number of hydrogen-bond acceptors (Lipinski definition) is 6. The molecule has 6 nitrogen and oxygen atoms in total. The number of pyridine rings is 1. The van der Waals surface area contributed by atoms with Crippen molar-refractivity contribution in [1.29, 1.82) is 0 Å². The Morgan fingerprint density at radius 2 is 1.97 bits per heavy atom. The molecule has 0 spiro atoms. The molecule has 182 valence electrons. The third-order valence-electron chi connectivity index (χ3n) is 9.20. The fourth-order valence-electron chi connectivity index (χ4n) is 7.39. The average molecular weight is 466 g/mol. The minimum Gasteiger partial charge on any atom is -0.487 e. The summed E-state index contributed by atoms with van der Waals surface area (Å²) in [6, 6.07) is 5.56. The van der Waals surface area contributed by atoms with Crippen molar-refractivity contribution in [1.82, 2.24) is 4.98 Å². The van der Waals surface area contributed by atoms with Crippen molar-refractivity contribution in [2.75, 3.05) is 0 Å². The van der Waals surface area contributed by atoms with E-state index in [-0.39, 0.29) is 40.0 Å². The highest BCUT2D eigenvalue weighted by Gasteiger charge is 2.63. The minimum absolute atomic E-state index is 0.0300. The van der Waals surface area contributed by atoms with E-state index in [4.69, 9.17) is 13.9 Å². The van der Waals surface area contributed by atoms with Crippen LogP contribution < -0.4 is 10.4 Å². The SMILES string of the molecule is CCC(=O)OC1CCC2(C)C3Cc4c(cc(-c5cccnc5)oc4=O)OC3(C)CCC2C1(C)C. The number of hydrogen-bond donors (Lipinski definition) is 0. The van der Waals surface area contributed by atoms with Gasteiger partial charge in [0.1, 0.15) is 23.2 Å². The Morgan fingerprint density at radius 1 is 1.18 bits per heavy atom. The highest BCUT2D eigenvalue weighted by molar-refractivity contribution is 5.69. The number of aromatic nitrogens is 1. The van der Waals surface area contributed by atoms with Crippen LogP contribution in [0.15, 0.2) is 39.8 Å². The maximum Gasteiger partial charge on any atom is 0.343 e. The van der Waals surface area contributed by atoms with Crippen molar-refractivity contribution in [3.8, 4) is 17.1 Å². The van der Waals surface area contributed by atoms with E-state index in [0.29, 0.717) is 35.8 Å².